The molecule has 0 fully saturated rings. The van der Waals surface area contributed by atoms with E-state index in [2.05, 4.69) is 41.5 Å². The molecule has 0 saturated carbocycles. The number of carbonyl (C=O) groups excluding carboxylic acids is 4. The predicted molar refractivity (Wildman–Crippen MR) is 391 cm³/mol. The monoisotopic (exact) mass is 1410 g/mol. The number of phosphoric ester groups is 2. The van der Waals surface area contributed by atoms with Crippen LogP contribution in [-0.4, -0.2) is 96.7 Å². The molecule has 3 N–H and O–H groups in total. The number of phosphoric acid groups is 2. The summed E-state index contributed by atoms with van der Waals surface area (Å²) in [5.74, 6) is -0.561. The Kier molecular flexibility index (Phi) is 67.4. The minimum absolute atomic E-state index is 0.106. The van der Waals surface area contributed by atoms with Gasteiger partial charge in [0.25, 0.3) is 0 Å². The Morgan fingerprint density at radius 3 is 0.708 bits per heavy atom. The van der Waals surface area contributed by atoms with Gasteiger partial charge in [-0.05, 0) is 37.5 Å². The van der Waals surface area contributed by atoms with Crippen LogP contribution in [0.1, 0.15) is 401 Å². The van der Waals surface area contributed by atoms with Gasteiger partial charge in [-0.15, -0.1) is 0 Å². The van der Waals surface area contributed by atoms with E-state index in [1.54, 1.807) is 0 Å². The first kappa shape index (κ1) is 94.1. The van der Waals surface area contributed by atoms with Crippen LogP contribution in [-0.2, 0) is 65.4 Å². The molecule has 0 aliphatic carbocycles. The summed E-state index contributed by atoms with van der Waals surface area (Å²) in [5, 5.41) is 10.6. The second kappa shape index (κ2) is 68.8. The first-order valence-corrected chi connectivity index (χ1v) is 43.0. The van der Waals surface area contributed by atoms with Gasteiger partial charge in [-0.25, -0.2) is 9.13 Å². The molecule has 2 unspecified atom stereocenters. The smallest absolute Gasteiger partial charge is 0.462 e. The van der Waals surface area contributed by atoms with E-state index in [-0.39, 0.29) is 25.7 Å². The van der Waals surface area contributed by atoms with Gasteiger partial charge < -0.3 is 33.8 Å². The molecule has 0 saturated heterocycles. The van der Waals surface area contributed by atoms with Crippen molar-refractivity contribution < 1.29 is 80.2 Å². The maximum absolute atomic E-state index is 13.1. The fourth-order valence-electron chi connectivity index (χ4n) is 11.8. The predicted octanol–water partition coefficient (Wildman–Crippen LogP) is 22.7. The van der Waals surface area contributed by atoms with Gasteiger partial charge in [0.05, 0.1) is 26.4 Å². The number of esters is 4. The number of unbranched alkanes of at least 4 members (excludes halogenated alkanes) is 46. The molecular formula is C77H150O17P2. The highest BCUT2D eigenvalue weighted by atomic mass is 31.2. The number of aliphatic hydroxyl groups excluding tert-OH is 1. The second-order valence-electron chi connectivity index (χ2n) is 28.7. The molecule has 0 aliphatic heterocycles. The maximum atomic E-state index is 13.1. The average Bonchev–Trinajstić information content (AvgIpc) is 1.49. The Hall–Kier alpha value is -1.94. The molecule has 0 heterocycles. The third-order valence-electron chi connectivity index (χ3n) is 18.0. The normalized spacial score (nSPS) is 14.0. The number of ether oxygens (including phenoxy) is 4. The molecule has 0 bridgehead atoms. The van der Waals surface area contributed by atoms with Crippen molar-refractivity contribution in [3.63, 3.8) is 0 Å². The van der Waals surface area contributed by atoms with Crippen LogP contribution in [0.5, 0.6) is 0 Å². The van der Waals surface area contributed by atoms with Crippen molar-refractivity contribution in [1.82, 2.24) is 0 Å². The van der Waals surface area contributed by atoms with E-state index in [0.717, 1.165) is 108 Å². The molecule has 19 heteroatoms. The van der Waals surface area contributed by atoms with Crippen molar-refractivity contribution in [3.05, 3.63) is 0 Å². The summed E-state index contributed by atoms with van der Waals surface area (Å²) in [6, 6.07) is 0. The molecule has 0 aromatic carbocycles. The van der Waals surface area contributed by atoms with E-state index in [9.17, 15) is 43.2 Å². The van der Waals surface area contributed by atoms with Crippen LogP contribution < -0.4 is 0 Å². The van der Waals surface area contributed by atoms with Crippen LogP contribution >= 0.6 is 15.6 Å². The highest BCUT2D eigenvalue weighted by Gasteiger charge is 2.30. The van der Waals surface area contributed by atoms with Crippen LogP contribution in [0.15, 0.2) is 0 Å². The van der Waals surface area contributed by atoms with Crippen molar-refractivity contribution in [2.24, 2.45) is 11.8 Å². The topological polar surface area (TPSA) is 237 Å². The lowest BCUT2D eigenvalue weighted by molar-refractivity contribution is -0.161. The van der Waals surface area contributed by atoms with Gasteiger partial charge in [0.15, 0.2) is 12.2 Å². The maximum Gasteiger partial charge on any atom is 0.472 e. The summed E-state index contributed by atoms with van der Waals surface area (Å²) in [6.07, 6.45) is 56.9. The molecule has 17 nitrogen and oxygen atoms in total. The van der Waals surface area contributed by atoms with Gasteiger partial charge in [0.1, 0.15) is 19.3 Å². The van der Waals surface area contributed by atoms with E-state index in [1.165, 1.54) is 212 Å². The first-order valence-electron chi connectivity index (χ1n) is 40.0. The van der Waals surface area contributed by atoms with Gasteiger partial charge in [-0.3, -0.25) is 37.3 Å². The van der Waals surface area contributed by atoms with Gasteiger partial charge in [0.2, 0.25) is 0 Å². The Morgan fingerprint density at radius 1 is 0.281 bits per heavy atom. The third-order valence-corrected chi connectivity index (χ3v) is 19.9. The summed E-state index contributed by atoms with van der Waals surface area (Å²) in [4.78, 5) is 72.8. The van der Waals surface area contributed by atoms with Gasteiger partial charge in [0, 0.05) is 25.7 Å². The van der Waals surface area contributed by atoms with Crippen molar-refractivity contribution in [2.75, 3.05) is 39.6 Å². The van der Waals surface area contributed by atoms with Gasteiger partial charge in [-0.2, -0.15) is 0 Å². The number of rotatable bonds is 76. The number of hydrogen-bond acceptors (Lipinski definition) is 15. The molecule has 0 amide bonds. The van der Waals surface area contributed by atoms with Gasteiger partial charge >= 0.3 is 39.5 Å². The largest absolute Gasteiger partial charge is 0.472 e. The molecule has 5 atom stereocenters. The Bertz CT molecular complexity index is 1860. The number of aliphatic hydroxyl groups is 1. The fourth-order valence-corrected chi connectivity index (χ4v) is 13.4. The van der Waals surface area contributed by atoms with E-state index in [4.69, 9.17) is 37.0 Å². The van der Waals surface area contributed by atoms with E-state index < -0.39 is 97.5 Å². The minimum Gasteiger partial charge on any atom is -0.462 e. The molecular weight excluding hydrogens is 1260 g/mol. The van der Waals surface area contributed by atoms with Crippen LogP contribution in [0.25, 0.3) is 0 Å². The van der Waals surface area contributed by atoms with Crippen molar-refractivity contribution in [2.45, 2.75) is 419 Å². The van der Waals surface area contributed by atoms with Crippen LogP contribution in [0, 0.1) is 11.8 Å². The molecule has 0 aromatic rings. The lowest BCUT2D eigenvalue weighted by Crippen LogP contribution is -2.30. The SMILES string of the molecule is CCCCCCCCCCCCCCCCCCCC(=O)OC[C@H](COP(=O)(O)OC[C@@H](O)COP(=O)(O)OC[C@@H](COC(=O)CCCCCCCCCC)OC(=O)CCCCCCCCCCCCC(C)C)OC(=O)CCCCCCCCCCCCCCCCCC(C)C. The molecule has 0 radical (unpaired) electrons. The summed E-state index contributed by atoms with van der Waals surface area (Å²) in [6.45, 7) is 9.60. The Labute approximate surface area is 588 Å². The van der Waals surface area contributed by atoms with Crippen LogP contribution in [0.2, 0.25) is 0 Å². The highest BCUT2D eigenvalue weighted by Crippen LogP contribution is 2.45. The molecule has 0 aromatic heterocycles. The summed E-state index contributed by atoms with van der Waals surface area (Å²) >= 11 is 0. The zero-order chi connectivity index (χ0) is 70.7. The summed E-state index contributed by atoms with van der Waals surface area (Å²) in [7, 11) is -9.91. The standard InChI is InChI=1S/C77H150O17P2/c1-7-9-11-13-15-17-18-19-20-21-24-27-30-36-42-48-54-60-75(80)88-66-73(94-76(81)61-55-49-43-37-31-28-25-22-23-26-29-34-39-45-51-57-69(3)4)68-92-96(85,86)90-64-71(78)63-89-95(83,84)91-67-72(65-87-74(79)59-53-47-41-16-14-12-10-8-2)93-77(82)62-56-50-44-38-33-32-35-40-46-52-58-70(5)6/h69-73,78H,7-68H2,1-6H3,(H,83,84)(H,85,86)/t71-,72+,73+/m0/s1. The summed E-state index contributed by atoms with van der Waals surface area (Å²) in [5.41, 5.74) is 0. The van der Waals surface area contributed by atoms with E-state index in [1.807, 2.05) is 0 Å². The number of hydrogen-bond donors (Lipinski definition) is 3. The molecule has 0 rings (SSSR count). The van der Waals surface area contributed by atoms with Crippen molar-refractivity contribution in [1.29, 1.82) is 0 Å². The van der Waals surface area contributed by atoms with Gasteiger partial charge in [-0.1, -0.05) is 350 Å². The zero-order valence-corrected chi connectivity index (χ0v) is 64.5. The third kappa shape index (κ3) is 70.5. The lowest BCUT2D eigenvalue weighted by Gasteiger charge is -2.21. The summed E-state index contributed by atoms with van der Waals surface area (Å²) < 4.78 is 68.5. The van der Waals surface area contributed by atoms with Crippen molar-refractivity contribution >= 4 is 39.5 Å². The molecule has 96 heavy (non-hydrogen) atoms. The second-order valence-corrected chi connectivity index (χ2v) is 31.6. The van der Waals surface area contributed by atoms with Crippen LogP contribution in [0.3, 0.4) is 0 Å². The Balaban J connectivity index is 5.21. The number of carbonyl (C=O) groups is 4. The van der Waals surface area contributed by atoms with Crippen molar-refractivity contribution in [3.8, 4) is 0 Å². The van der Waals surface area contributed by atoms with E-state index in [0.29, 0.717) is 25.7 Å². The fraction of sp³-hybridized carbons (Fsp3) is 0.948. The van der Waals surface area contributed by atoms with E-state index >= 15 is 0 Å². The quantitative estimate of drug-likeness (QED) is 0.0222. The Morgan fingerprint density at radius 2 is 0.479 bits per heavy atom. The zero-order valence-electron chi connectivity index (χ0n) is 62.7. The molecule has 0 spiro atoms. The van der Waals surface area contributed by atoms with Crippen LogP contribution in [0.4, 0.5) is 0 Å². The average molecular weight is 1410 g/mol. The molecule has 0 aliphatic rings. The minimum atomic E-state index is -4.96. The highest BCUT2D eigenvalue weighted by molar-refractivity contribution is 7.47. The molecule has 570 valence electrons. The lowest BCUT2D eigenvalue weighted by atomic mass is 10.0. The first-order chi connectivity index (χ1) is 46.4.